The predicted octanol–water partition coefficient (Wildman–Crippen LogP) is 3.53. The van der Waals surface area contributed by atoms with E-state index in [1.54, 1.807) is 0 Å². The summed E-state index contributed by atoms with van der Waals surface area (Å²) in [5, 5.41) is 0. The standard InChI is InChI=1S/C15H22N2O/c1-2-5-12(10-11-16)8-9-15-17-13-6-3-4-7-14(13)18-15/h3-4,6-7,12H,2,5,8-11,16H2,1H3. The van der Waals surface area contributed by atoms with Crippen LogP contribution >= 0.6 is 0 Å². The number of aromatic nitrogens is 1. The molecule has 3 nitrogen and oxygen atoms in total. The van der Waals surface area contributed by atoms with E-state index in [9.17, 15) is 0 Å². The van der Waals surface area contributed by atoms with Crippen LogP contribution in [0.5, 0.6) is 0 Å². The average molecular weight is 246 g/mol. The van der Waals surface area contributed by atoms with Crippen molar-refractivity contribution in [1.82, 2.24) is 4.98 Å². The number of rotatable bonds is 7. The summed E-state index contributed by atoms with van der Waals surface area (Å²) in [6.07, 6.45) is 5.61. The molecule has 1 aromatic carbocycles. The van der Waals surface area contributed by atoms with Gasteiger partial charge in [0, 0.05) is 6.42 Å². The lowest BCUT2D eigenvalue weighted by molar-refractivity contribution is 0.398. The number of hydrogen-bond acceptors (Lipinski definition) is 3. The van der Waals surface area contributed by atoms with Gasteiger partial charge in [-0.05, 0) is 37.4 Å². The minimum Gasteiger partial charge on any atom is -0.441 e. The molecule has 2 aromatic rings. The number of fused-ring (bicyclic) bond motifs is 1. The van der Waals surface area contributed by atoms with E-state index >= 15 is 0 Å². The van der Waals surface area contributed by atoms with Gasteiger partial charge in [-0.15, -0.1) is 0 Å². The van der Waals surface area contributed by atoms with Crippen LogP contribution in [0.4, 0.5) is 0 Å². The maximum atomic E-state index is 5.73. The Morgan fingerprint density at radius 2 is 2.06 bits per heavy atom. The average Bonchev–Trinajstić information content (AvgIpc) is 2.79. The van der Waals surface area contributed by atoms with Gasteiger partial charge in [0.25, 0.3) is 0 Å². The van der Waals surface area contributed by atoms with E-state index < -0.39 is 0 Å². The van der Waals surface area contributed by atoms with E-state index in [2.05, 4.69) is 11.9 Å². The van der Waals surface area contributed by atoms with Crippen molar-refractivity contribution in [2.24, 2.45) is 11.7 Å². The Morgan fingerprint density at radius 1 is 1.22 bits per heavy atom. The van der Waals surface area contributed by atoms with Gasteiger partial charge in [0.15, 0.2) is 11.5 Å². The number of nitrogens with zero attached hydrogens (tertiary/aromatic N) is 1. The fourth-order valence-electron chi connectivity index (χ4n) is 2.43. The molecular weight excluding hydrogens is 224 g/mol. The third kappa shape index (κ3) is 3.33. The number of benzene rings is 1. The fourth-order valence-corrected chi connectivity index (χ4v) is 2.43. The van der Waals surface area contributed by atoms with Gasteiger partial charge in [0.1, 0.15) is 5.52 Å². The fraction of sp³-hybridized carbons (Fsp3) is 0.533. The normalized spacial score (nSPS) is 13.0. The van der Waals surface area contributed by atoms with Crippen molar-refractivity contribution in [2.75, 3.05) is 6.54 Å². The zero-order valence-electron chi connectivity index (χ0n) is 11.1. The van der Waals surface area contributed by atoms with Gasteiger partial charge >= 0.3 is 0 Å². The molecule has 0 aliphatic carbocycles. The van der Waals surface area contributed by atoms with Crippen molar-refractivity contribution in [3.63, 3.8) is 0 Å². The van der Waals surface area contributed by atoms with Gasteiger partial charge in [-0.25, -0.2) is 4.98 Å². The van der Waals surface area contributed by atoms with E-state index in [0.717, 1.165) is 42.8 Å². The molecule has 1 aromatic heterocycles. The molecule has 18 heavy (non-hydrogen) atoms. The molecule has 2 N–H and O–H groups in total. The lowest BCUT2D eigenvalue weighted by Crippen LogP contribution is -2.09. The maximum absolute atomic E-state index is 5.73. The highest BCUT2D eigenvalue weighted by Crippen LogP contribution is 2.20. The summed E-state index contributed by atoms with van der Waals surface area (Å²) >= 11 is 0. The van der Waals surface area contributed by atoms with Gasteiger partial charge in [-0.3, -0.25) is 0 Å². The lowest BCUT2D eigenvalue weighted by Gasteiger charge is -2.13. The van der Waals surface area contributed by atoms with Crippen LogP contribution in [0.1, 0.15) is 38.5 Å². The zero-order chi connectivity index (χ0) is 12.8. The summed E-state index contributed by atoms with van der Waals surface area (Å²) in [5.74, 6) is 1.56. The molecule has 0 aliphatic heterocycles. The Morgan fingerprint density at radius 3 is 2.78 bits per heavy atom. The topological polar surface area (TPSA) is 52.0 Å². The van der Waals surface area contributed by atoms with E-state index in [0.29, 0.717) is 5.92 Å². The number of para-hydroxylation sites is 2. The summed E-state index contributed by atoms with van der Waals surface area (Å²) in [6, 6.07) is 7.93. The highest BCUT2D eigenvalue weighted by molar-refractivity contribution is 5.72. The van der Waals surface area contributed by atoms with Gasteiger partial charge in [0.2, 0.25) is 0 Å². The number of hydrogen-bond donors (Lipinski definition) is 1. The van der Waals surface area contributed by atoms with E-state index in [-0.39, 0.29) is 0 Å². The molecule has 3 heteroatoms. The van der Waals surface area contributed by atoms with Crippen molar-refractivity contribution in [3.05, 3.63) is 30.2 Å². The van der Waals surface area contributed by atoms with E-state index in [4.69, 9.17) is 10.2 Å². The Balaban J connectivity index is 1.95. The van der Waals surface area contributed by atoms with Crippen LogP contribution < -0.4 is 5.73 Å². The Bertz CT molecular complexity index is 439. The molecule has 0 saturated carbocycles. The number of nitrogens with two attached hydrogens (primary N) is 1. The van der Waals surface area contributed by atoms with Crippen LogP contribution in [0.15, 0.2) is 28.7 Å². The smallest absolute Gasteiger partial charge is 0.195 e. The molecule has 0 bridgehead atoms. The lowest BCUT2D eigenvalue weighted by atomic mass is 9.94. The number of aryl methyl sites for hydroxylation is 1. The van der Waals surface area contributed by atoms with Gasteiger partial charge in [-0.1, -0.05) is 31.9 Å². The number of oxazole rings is 1. The van der Waals surface area contributed by atoms with Crippen molar-refractivity contribution >= 4 is 11.1 Å². The molecule has 1 atom stereocenters. The highest BCUT2D eigenvalue weighted by Gasteiger charge is 2.10. The van der Waals surface area contributed by atoms with Crippen molar-refractivity contribution in [1.29, 1.82) is 0 Å². The van der Waals surface area contributed by atoms with Crippen LogP contribution in [0.3, 0.4) is 0 Å². The van der Waals surface area contributed by atoms with Crippen molar-refractivity contribution in [3.8, 4) is 0 Å². The minimum absolute atomic E-state index is 0.704. The van der Waals surface area contributed by atoms with Crippen LogP contribution in [0.25, 0.3) is 11.1 Å². The maximum Gasteiger partial charge on any atom is 0.195 e. The van der Waals surface area contributed by atoms with Crippen LogP contribution in [-0.2, 0) is 6.42 Å². The molecule has 0 amide bonds. The first-order valence-corrected chi connectivity index (χ1v) is 6.88. The molecule has 0 fully saturated rings. The van der Waals surface area contributed by atoms with Crippen molar-refractivity contribution in [2.45, 2.75) is 39.0 Å². The van der Waals surface area contributed by atoms with Crippen LogP contribution in [0, 0.1) is 5.92 Å². The third-order valence-corrected chi connectivity index (χ3v) is 3.38. The molecule has 0 aliphatic rings. The van der Waals surface area contributed by atoms with Crippen molar-refractivity contribution < 1.29 is 4.42 Å². The highest BCUT2D eigenvalue weighted by atomic mass is 16.3. The van der Waals surface area contributed by atoms with Crippen LogP contribution in [0.2, 0.25) is 0 Å². The Hall–Kier alpha value is -1.35. The first kappa shape index (κ1) is 13.1. The van der Waals surface area contributed by atoms with Gasteiger partial charge < -0.3 is 10.2 Å². The Kier molecular flexibility index (Phi) is 4.76. The molecule has 0 spiro atoms. The summed E-state index contributed by atoms with van der Waals surface area (Å²) in [6.45, 7) is 3.00. The second-order valence-corrected chi connectivity index (χ2v) is 4.85. The molecule has 0 saturated heterocycles. The van der Waals surface area contributed by atoms with E-state index in [1.807, 2.05) is 24.3 Å². The second kappa shape index (κ2) is 6.55. The summed E-state index contributed by atoms with van der Waals surface area (Å²) in [7, 11) is 0. The molecule has 0 radical (unpaired) electrons. The largest absolute Gasteiger partial charge is 0.441 e. The van der Waals surface area contributed by atoms with Gasteiger partial charge in [0.05, 0.1) is 0 Å². The second-order valence-electron chi connectivity index (χ2n) is 4.85. The first-order chi connectivity index (χ1) is 8.83. The van der Waals surface area contributed by atoms with Crippen LogP contribution in [-0.4, -0.2) is 11.5 Å². The van der Waals surface area contributed by atoms with E-state index in [1.165, 1.54) is 12.8 Å². The molecule has 1 unspecified atom stereocenters. The van der Waals surface area contributed by atoms with Gasteiger partial charge in [-0.2, -0.15) is 0 Å². The molecule has 98 valence electrons. The molecule has 2 rings (SSSR count). The summed E-state index contributed by atoms with van der Waals surface area (Å²) in [4.78, 5) is 4.51. The summed E-state index contributed by atoms with van der Waals surface area (Å²) < 4.78 is 5.73. The molecular formula is C15H22N2O. The SMILES string of the molecule is CCCC(CCN)CCc1nc2ccccc2o1. The predicted molar refractivity (Wildman–Crippen MR) is 74.4 cm³/mol. The third-order valence-electron chi connectivity index (χ3n) is 3.38. The summed E-state index contributed by atoms with van der Waals surface area (Å²) in [5.41, 5.74) is 7.50. The minimum atomic E-state index is 0.704. The quantitative estimate of drug-likeness (QED) is 0.813. The Labute approximate surface area is 108 Å². The zero-order valence-corrected chi connectivity index (χ0v) is 11.1. The monoisotopic (exact) mass is 246 g/mol. The molecule has 1 heterocycles. The first-order valence-electron chi connectivity index (χ1n) is 6.88.